The normalized spacial score (nSPS) is 26.4. The average Bonchev–Trinajstić information content (AvgIpc) is 3.32. The maximum absolute atomic E-state index is 14.3. The Balaban J connectivity index is 1.35. The molecule has 0 unspecified atom stereocenters. The Morgan fingerprint density at radius 2 is 1.65 bits per heavy atom. The van der Waals surface area contributed by atoms with E-state index in [0.29, 0.717) is 5.69 Å². The van der Waals surface area contributed by atoms with Crippen LogP contribution in [0.5, 0.6) is 0 Å². The molecule has 5 rings (SSSR count). The minimum atomic E-state index is -4.82. The second kappa shape index (κ2) is 14.7. The van der Waals surface area contributed by atoms with Gasteiger partial charge in [0, 0.05) is 25.4 Å². The van der Waals surface area contributed by atoms with Gasteiger partial charge in [0.25, 0.3) is 0 Å². The maximum atomic E-state index is 14.3. The summed E-state index contributed by atoms with van der Waals surface area (Å²) in [5.41, 5.74) is 0.617. The number of para-hydroxylation sites is 2. The van der Waals surface area contributed by atoms with E-state index < -0.39 is 66.4 Å². The molecule has 14 nitrogen and oxygen atoms in total. The van der Waals surface area contributed by atoms with Crippen molar-refractivity contribution in [3.63, 3.8) is 0 Å². The molecule has 4 amide bonds. The first-order valence-electron chi connectivity index (χ1n) is 17.2. The Labute approximate surface area is 287 Å². The number of rotatable bonds is 10. The summed E-state index contributed by atoms with van der Waals surface area (Å²) in [5.74, 6) is -2.07. The highest BCUT2D eigenvalue weighted by molar-refractivity contribution is 7.54. The van der Waals surface area contributed by atoms with E-state index in [0.717, 1.165) is 63.7 Å². The van der Waals surface area contributed by atoms with E-state index in [1.807, 2.05) is 18.2 Å². The number of likely N-dealkylation sites (tertiary alicyclic amines) is 1. The van der Waals surface area contributed by atoms with E-state index in [1.165, 1.54) is 11.0 Å². The van der Waals surface area contributed by atoms with Gasteiger partial charge in [-0.25, -0.2) is 9.59 Å². The molecule has 1 aromatic rings. The van der Waals surface area contributed by atoms with Crippen molar-refractivity contribution in [2.45, 2.75) is 108 Å². The number of nitrogens with zero attached hydrogens (tertiary/aromatic N) is 2. The van der Waals surface area contributed by atoms with Crippen LogP contribution in [0.25, 0.3) is 0 Å². The van der Waals surface area contributed by atoms with Gasteiger partial charge in [-0.3, -0.25) is 19.5 Å². The largest absolute Gasteiger partial charge is 0.446 e. The summed E-state index contributed by atoms with van der Waals surface area (Å²) in [7, 11) is -4.82. The van der Waals surface area contributed by atoms with Crippen LogP contribution in [0.1, 0.15) is 78.6 Å². The zero-order valence-corrected chi connectivity index (χ0v) is 29.5. The smallest absolute Gasteiger partial charge is 0.412 e. The molecule has 2 heterocycles. The van der Waals surface area contributed by atoms with Crippen molar-refractivity contribution >= 4 is 43.0 Å². The Kier molecular flexibility index (Phi) is 11.0. The summed E-state index contributed by atoms with van der Waals surface area (Å²) in [6.45, 7) is 10.5. The van der Waals surface area contributed by atoms with Crippen LogP contribution in [0, 0.1) is 11.3 Å². The fraction of sp³-hybridized carbons (Fsp3) is 0.647. The van der Waals surface area contributed by atoms with Gasteiger partial charge >= 0.3 is 19.8 Å². The quantitative estimate of drug-likeness (QED) is 0.172. The lowest BCUT2D eigenvalue weighted by Crippen LogP contribution is -2.58. The Bertz CT molecular complexity index is 1470. The Hall–Kier alpha value is -3.61. The molecule has 0 bridgehead atoms. The van der Waals surface area contributed by atoms with Gasteiger partial charge in [-0.05, 0) is 68.9 Å². The number of anilines is 2. The summed E-state index contributed by atoms with van der Waals surface area (Å²) in [6, 6.07) is 5.04. The molecule has 0 spiro atoms. The van der Waals surface area contributed by atoms with Crippen LogP contribution in [0.3, 0.4) is 0 Å². The number of carbonyl (C=O) groups is 4. The van der Waals surface area contributed by atoms with E-state index >= 15 is 0 Å². The second-order valence-electron chi connectivity index (χ2n) is 14.7. The Morgan fingerprint density at radius 3 is 2.27 bits per heavy atom. The summed E-state index contributed by atoms with van der Waals surface area (Å²) in [6.07, 6.45) is 5.19. The first-order chi connectivity index (χ1) is 23.1. The first kappa shape index (κ1) is 36.7. The number of hydrogen-bond acceptors (Lipinski definition) is 8. The van der Waals surface area contributed by atoms with Crippen molar-refractivity contribution in [1.29, 1.82) is 0 Å². The van der Waals surface area contributed by atoms with Crippen LogP contribution in [0.15, 0.2) is 36.9 Å². The highest BCUT2D eigenvalue weighted by Crippen LogP contribution is 2.67. The zero-order chi connectivity index (χ0) is 35.6. The van der Waals surface area contributed by atoms with E-state index in [9.17, 15) is 33.5 Å². The highest BCUT2D eigenvalue weighted by atomic mass is 31.2. The molecule has 49 heavy (non-hydrogen) atoms. The van der Waals surface area contributed by atoms with Gasteiger partial charge in [-0.2, -0.15) is 0 Å². The minimum absolute atomic E-state index is 0.00881. The lowest BCUT2D eigenvalue weighted by Gasteiger charge is -2.35. The zero-order valence-electron chi connectivity index (χ0n) is 28.6. The average molecular weight is 704 g/mol. The molecule has 2 saturated carbocycles. The monoisotopic (exact) mass is 703 g/mol. The molecule has 5 N–H and O–H groups in total. The lowest BCUT2D eigenvalue weighted by molar-refractivity contribution is -0.142. The third-order valence-electron chi connectivity index (χ3n) is 10.0. The molecule has 5 atom stereocenters. The lowest BCUT2D eigenvalue weighted by atomic mass is 9.85. The van der Waals surface area contributed by atoms with Gasteiger partial charge in [-0.1, -0.05) is 39.0 Å². The second-order valence-corrected chi connectivity index (χ2v) is 16.6. The van der Waals surface area contributed by atoms with Gasteiger partial charge in [0.1, 0.15) is 29.6 Å². The SMILES string of the molecule is C=C[C@@H]1C[C@]1(NC(=O)[C@@H]1C[C@@H](OC(=O)Nc2ccccc2N2CCCCC2)CN1C(=O)[C@@H](NC(=O)OC1CCCC1)C(C)(C)C)P(=O)(O)O. The molecule has 4 aliphatic rings. The number of piperidine rings is 1. The van der Waals surface area contributed by atoms with Crippen molar-refractivity contribution in [2.24, 2.45) is 11.3 Å². The summed E-state index contributed by atoms with van der Waals surface area (Å²) in [5, 5.41) is 6.20. The van der Waals surface area contributed by atoms with Crippen molar-refractivity contribution in [3.05, 3.63) is 36.9 Å². The molecule has 1 aromatic carbocycles. The molecule has 0 aromatic heterocycles. The molecule has 4 fully saturated rings. The van der Waals surface area contributed by atoms with Gasteiger partial charge in [0.2, 0.25) is 11.8 Å². The summed E-state index contributed by atoms with van der Waals surface area (Å²) in [4.78, 5) is 78.0. The third-order valence-corrected chi connectivity index (χ3v) is 11.7. The van der Waals surface area contributed by atoms with Crippen LogP contribution >= 0.6 is 7.60 Å². The van der Waals surface area contributed by atoms with Crippen molar-refractivity contribution in [3.8, 4) is 0 Å². The number of carbonyl (C=O) groups excluding carboxylic acids is 4. The molecule has 15 heteroatoms. The maximum Gasteiger partial charge on any atom is 0.412 e. The summed E-state index contributed by atoms with van der Waals surface area (Å²) >= 11 is 0. The number of alkyl carbamates (subject to hydrolysis) is 1. The van der Waals surface area contributed by atoms with E-state index in [4.69, 9.17) is 9.47 Å². The molecule has 270 valence electrons. The molecular weight excluding hydrogens is 653 g/mol. The molecule has 0 radical (unpaired) electrons. The van der Waals surface area contributed by atoms with Crippen LogP contribution in [-0.4, -0.2) is 87.9 Å². The Morgan fingerprint density at radius 1 is 1.00 bits per heavy atom. The van der Waals surface area contributed by atoms with E-state index in [2.05, 4.69) is 27.4 Å². The number of nitrogens with one attached hydrogen (secondary N) is 3. The van der Waals surface area contributed by atoms with Crippen LogP contribution in [0.4, 0.5) is 21.0 Å². The predicted octanol–water partition coefficient (Wildman–Crippen LogP) is 4.47. The number of ether oxygens (including phenoxy) is 2. The predicted molar refractivity (Wildman–Crippen MR) is 183 cm³/mol. The van der Waals surface area contributed by atoms with Gasteiger partial charge in [0.15, 0.2) is 0 Å². The number of amides is 4. The van der Waals surface area contributed by atoms with Crippen LogP contribution in [0.2, 0.25) is 0 Å². The van der Waals surface area contributed by atoms with E-state index in [1.54, 1.807) is 26.8 Å². The fourth-order valence-electron chi connectivity index (χ4n) is 7.18. The van der Waals surface area contributed by atoms with Crippen LogP contribution < -0.4 is 20.9 Å². The molecule has 2 saturated heterocycles. The van der Waals surface area contributed by atoms with Crippen molar-refractivity contribution in [2.75, 3.05) is 29.9 Å². The van der Waals surface area contributed by atoms with Gasteiger partial charge in [0.05, 0.1) is 17.9 Å². The molecule has 2 aliphatic heterocycles. The van der Waals surface area contributed by atoms with Crippen molar-refractivity contribution in [1.82, 2.24) is 15.5 Å². The number of hydrogen-bond donors (Lipinski definition) is 5. The first-order valence-corrected chi connectivity index (χ1v) is 18.8. The summed E-state index contributed by atoms with van der Waals surface area (Å²) < 4.78 is 23.8. The standard InChI is InChI=1S/C34H50N5O9P/c1-5-22-20-34(22,49(44,45)46)37-29(40)27-19-24(48-31(42)35-25-15-9-10-16-26(25)38-17-11-6-12-18-38)21-39(27)30(41)28(33(2,3)4)36-32(43)47-23-13-7-8-14-23/h5,9-10,15-16,22-24,27-28H,1,6-8,11-14,17-21H2,2-4H3,(H,35,42)(H,36,43)(H,37,40)(H2,44,45,46)/t22-,24-,27+,28-,34+/m1/s1. The van der Waals surface area contributed by atoms with Crippen molar-refractivity contribution < 1.29 is 43.0 Å². The molecule has 2 aliphatic carbocycles. The third kappa shape index (κ3) is 8.41. The van der Waals surface area contributed by atoms with Gasteiger partial charge < -0.3 is 39.7 Å². The van der Waals surface area contributed by atoms with Gasteiger partial charge in [-0.15, -0.1) is 6.58 Å². The molecular formula is C34H50N5O9P. The van der Waals surface area contributed by atoms with E-state index in [-0.39, 0.29) is 25.5 Å². The fourth-order valence-corrected chi connectivity index (χ4v) is 8.41. The van der Waals surface area contributed by atoms with Crippen LogP contribution in [-0.2, 0) is 23.6 Å². The number of benzene rings is 1. The topological polar surface area (TPSA) is 187 Å². The minimum Gasteiger partial charge on any atom is -0.446 e. The highest BCUT2D eigenvalue weighted by Gasteiger charge is 2.66.